The lowest BCUT2D eigenvalue weighted by Crippen LogP contribution is -2.46. The molecule has 7 nitrogen and oxygen atoms in total. The second-order valence-corrected chi connectivity index (χ2v) is 8.42. The zero-order chi connectivity index (χ0) is 19.8. The van der Waals surface area contributed by atoms with E-state index in [0.29, 0.717) is 19.1 Å². The summed E-state index contributed by atoms with van der Waals surface area (Å²) in [5.41, 5.74) is 10.1. The Morgan fingerprint density at radius 2 is 1.83 bits per heavy atom. The number of rotatable bonds is 4. The number of ether oxygens (including phenoxy) is 2. The third-order valence-electron chi connectivity index (χ3n) is 6.61. The van der Waals surface area contributed by atoms with Crippen LogP contribution in [-0.2, 0) is 13.6 Å². The van der Waals surface area contributed by atoms with Gasteiger partial charge in [-0.15, -0.1) is 0 Å². The fourth-order valence-electron chi connectivity index (χ4n) is 4.97. The second kappa shape index (κ2) is 7.78. The summed E-state index contributed by atoms with van der Waals surface area (Å²) in [6.45, 7) is 6.09. The first kappa shape index (κ1) is 18.6. The summed E-state index contributed by atoms with van der Waals surface area (Å²) < 4.78 is 13.5. The molecule has 2 aliphatic heterocycles. The van der Waals surface area contributed by atoms with E-state index in [-0.39, 0.29) is 0 Å². The lowest BCUT2D eigenvalue weighted by molar-refractivity contribution is 0.171. The van der Waals surface area contributed by atoms with Crippen molar-refractivity contribution < 1.29 is 9.47 Å². The van der Waals surface area contributed by atoms with E-state index in [2.05, 4.69) is 21.9 Å². The molecule has 1 saturated heterocycles. The highest BCUT2D eigenvalue weighted by atomic mass is 16.6. The number of piperazine rings is 1. The van der Waals surface area contributed by atoms with Crippen molar-refractivity contribution in [1.29, 1.82) is 0 Å². The maximum Gasteiger partial charge on any atom is 0.184 e. The summed E-state index contributed by atoms with van der Waals surface area (Å²) in [4.78, 5) is 4.92. The van der Waals surface area contributed by atoms with E-state index < -0.39 is 0 Å². The van der Waals surface area contributed by atoms with Crippen LogP contribution in [0.5, 0.6) is 11.5 Å². The highest BCUT2D eigenvalue weighted by molar-refractivity contribution is 5.65. The van der Waals surface area contributed by atoms with Crippen LogP contribution < -0.4 is 20.1 Å². The van der Waals surface area contributed by atoms with Gasteiger partial charge in [-0.25, -0.2) is 0 Å². The lowest BCUT2D eigenvalue weighted by Gasteiger charge is -2.37. The van der Waals surface area contributed by atoms with Crippen molar-refractivity contribution in [2.75, 3.05) is 50.0 Å². The minimum Gasteiger partial charge on any atom is -0.486 e. The van der Waals surface area contributed by atoms with E-state index in [1.807, 2.05) is 17.8 Å². The molecule has 3 aliphatic rings. The van der Waals surface area contributed by atoms with Crippen LogP contribution >= 0.6 is 0 Å². The molecule has 2 aromatic rings. The van der Waals surface area contributed by atoms with E-state index in [9.17, 15) is 0 Å². The Balaban J connectivity index is 1.28. The van der Waals surface area contributed by atoms with Crippen LogP contribution in [0.3, 0.4) is 0 Å². The second-order valence-electron chi connectivity index (χ2n) is 8.42. The summed E-state index contributed by atoms with van der Waals surface area (Å²) in [6, 6.07) is 6.18. The van der Waals surface area contributed by atoms with Gasteiger partial charge in [-0.2, -0.15) is 5.10 Å². The fraction of sp³-hybridized carbons (Fsp3) is 0.591. The SMILES string of the molecule is Cn1nc(C2CCCC2)c(CN2CCN(c3cccc4c3OCCO4)CC2)c1N. The molecule has 0 atom stereocenters. The zero-order valence-electron chi connectivity index (χ0n) is 17.3. The first-order valence-electron chi connectivity index (χ1n) is 10.9. The van der Waals surface area contributed by atoms with E-state index in [4.69, 9.17) is 20.3 Å². The van der Waals surface area contributed by atoms with Crippen LogP contribution in [0.4, 0.5) is 11.5 Å². The Labute approximate surface area is 172 Å². The lowest BCUT2D eigenvalue weighted by atomic mass is 9.99. The molecule has 29 heavy (non-hydrogen) atoms. The van der Waals surface area contributed by atoms with Gasteiger partial charge in [-0.3, -0.25) is 9.58 Å². The number of nitrogens with two attached hydrogens (primary N) is 1. The van der Waals surface area contributed by atoms with Gasteiger partial charge in [0.1, 0.15) is 19.0 Å². The van der Waals surface area contributed by atoms with Gasteiger partial charge < -0.3 is 20.1 Å². The number of hydrogen-bond donors (Lipinski definition) is 1. The largest absolute Gasteiger partial charge is 0.486 e. The highest BCUT2D eigenvalue weighted by Gasteiger charge is 2.28. The van der Waals surface area contributed by atoms with Crippen molar-refractivity contribution in [2.45, 2.75) is 38.1 Å². The molecule has 0 spiro atoms. The topological polar surface area (TPSA) is 68.8 Å². The molecule has 1 aromatic carbocycles. The normalized spacial score (nSPS) is 20.4. The molecule has 0 radical (unpaired) electrons. The summed E-state index contributed by atoms with van der Waals surface area (Å²) in [5, 5.41) is 4.79. The van der Waals surface area contributed by atoms with Crippen LogP contribution in [0.2, 0.25) is 0 Å². The van der Waals surface area contributed by atoms with Gasteiger partial charge in [0.2, 0.25) is 0 Å². The van der Waals surface area contributed by atoms with E-state index >= 15 is 0 Å². The van der Waals surface area contributed by atoms with E-state index in [1.54, 1.807) is 0 Å². The molecule has 7 heteroatoms. The molecule has 0 unspecified atom stereocenters. The number of fused-ring (bicyclic) bond motifs is 1. The average Bonchev–Trinajstić information content (AvgIpc) is 3.38. The molecule has 1 saturated carbocycles. The number of benzene rings is 1. The van der Waals surface area contributed by atoms with E-state index in [1.165, 1.54) is 36.9 Å². The van der Waals surface area contributed by atoms with Gasteiger partial charge in [0.15, 0.2) is 11.5 Å². The molecular weight excluding hydrogens is 366 g/mol. The predicted molar refractivity (Wildman–Crippen MR) is 114 cm³/mol. The molecule has 156 valence electrons. The summed E-state index contributed by atoms with van der Waals surface area (Å²) >= 11 is 0. The average molecular weight is 398 g/mol. The van der Waals surface area contributed by atoms with Crippen molar-refractivity contribution in [3.05, 3.63) is 29.5 Å². The number of anilines is 2. The van der Waals surface area contributed by atoms with Crippen LogP contribution in [0.1, 0.15) is 42.9 Å². The Bertz CT molecular complexity index is 866. The number of aryl methyl sites for hydroxylation is 1. The highest BCUT2D eigenvalue weighted by Crippen LogP contribution is 2.40. The summed E-state index contributed by atoms with van der Waals surface area (Å²) in [5.74, 6) is 3.17. The Hall–Kier alpha value is -2.41. The Morgan fingerprint density at radius 3 is 2.62 bits per heavy atom. The van der Waals surface area contributed by atoms with Gasteiger partial charge >= 0.3 is 0 Å². The Morgan fingerprint density at radius 1 is 1.07 bits per heavy atom. The molecule has 3 heterocycles. The van der Waals surface area contributed by atoms with Crippen molar-refractivity contribution in [3.63, 3.8) is 0 Å². The maximum absolute atomic E-state index is 6.42. The molecule has 1 aromatic heterocycles. The van der Waals surface area contributed by atoms with Gasteiger partial charge in [-0.1, -0.05) is 18.9 Å². The quantitative estimate of drug-likeness (QED) is 0.856. The van der Waals surface area contributed by atoms with Crippen molar-refractivity contribution >= 4 is 11.5 Å². The zero-order valence-corrected chi connectivity index (χ0v) is 17.3. The maximum atomic E-state index is 6.42. The molecule has 2 N–H and O–H groups in total. The van der Waals surface area contributed by atoms with Gasteiger partial charge in [0.25, 0.3) is 0 Å². The third kappa shape index (κ3) is 3.52. The van der Waals surface area contributed by atoms with Crippen LogP contribution in [-0.4, -0.2) is 54.1 Å². The van der Waals surface area contributed by atoms with Gasteiger partial charge in [0.05, 0.1) is 11.4 Å². The summed E-state index contributed by atoms with van der Waals surface area (Å²) in [6.07, 6.45) is 5.12. The predicted octanol–water partition coefficient (Wildman–Crippen LogP) is 2.75. The number of hydrogen-bond acceptors (Lipinski definition) is 6. The fourth-order valence-corrected chi connectivity index (χ4v) is 4.97. The number of aromatic nitrogens is 2. The monoisotopic (exact) mass is 397 g/mol. The van der Waals surface area contributed by atoms with Crippen molar-refractivity contribution in [2.24, 2.45) is 7.05 Å². The molecule has 0 bridgehead atoms. The molecule has 2 fully saturated rings. The van der Waals surface area contributed by atoms with Gasteiger partial charge in [0, 0.05) is 51.3 Å². The molecule has 1 aliphatic carbocycles. The number of nitrogen functional groups attached to an aromatic ring is 1. The van der Waals surface area contributed by atoms with Crippen molar-refractivity contribution in [1.82, 2.24) is 14.7 Å². The minimum atomic E-state index is 0.586. The van der Waals surface area contributed by atoms with Crippen molar-refractivity contribution in [3.8, 4) is 11.5 Å². The first-order chi connectivity index (χ1) is 14.2. The van der Waals surface area contributed by atoms with Crippen LogP contribution in [0, 0.1) is 0 Å². The minimum absolute atomic E-state index is 0.586. The molecule has 5 rings (SSSR count). The Kier molecular flexibility index (Phi) is 4.99. The molecule has 0 amide bonds. The smallest absolute Gasteiger partial charge is 0.184 e. The van der Waals surface area contributed by atoms with Gasteiger partial charge in [-0.05, 0) is 25.0 Å². The number of para-hydroxylation sites is 1. The van der Waals surface area contributed by atoms with E-state index in [0.717, 1.165) is 55.7 Å². The molecular formula is C22H31N5O2. The van der Waals surface area contributed by atoms with Crippen LogP contribution in [0.15, 0.2) is 18.2 Å². The van der Waals surface area contributed by atoms with Crippen LogP contribution in [0.25, 0.3) is 0 Å². The standard InChI is InChI=1S/C22H31N5O2/c1-25-22(23)17(20(24-25)16-5-2-3-6-16)15-26-9-11-27(12-10-26)18-7-4-8-19-21(18)29-14-13-28-19/h4,7-8,16H,2-3,5-6,9-15,23H2,1H3. The third-order valence-corrected chi connectivity index (χ3v) is 6.61. The first-order valence-corrected chi connectivity index (χ1v) is 10.9. The number of nitrogens with zero attached hydrogens (tertiary/aromatic N) is 4. The summed E-state index contributed by atoms with van der Waals surface area (Å²) in [7, 11) is 1.97.